The molecule has 3 aromatic rings. The zero-order valence-corrected chi connectivity index (χ0v) is 16.1. The summed E-state index contributed by atoms with van der Waals surface area (Å²) in [7, 11) is 0. The quantitative estimate of drug-likeness (QED) is 0.660. The van der Waals surface area contributed by atoms with Crippen LogP contribution >= 0.6 is 0 Å². The van der Waals surface area contributed by atoms with Crippen molar-refractivity contribution in [3.63, 3.8) is 0 Å². The lowest BCUT2D eigenvalue weighted by molar-refractivity contribution is -0.928. The summed E-state index contributed by atoms with van der Waals surface area (Å²) in [5, 5.41) is 6.48. The number of hydrogen-bond donors (Lipinski definition) is 2. The van der Waals surface area contributed by atoms with Gasteiger partial charge in [0.2, 0.25) is 5.91 Å². The fraction of sp³-hybridized carbons (Fsp3) is 0.435. The lowest BCUT2D eigenvalue weighted by Crippen LogP contribution is -3.16. The highest BCUT2D eigenvalue weighted by atomic mass is 16.3. The van der Waals surface area contributed by atoms with Crippen LogP contribution in [-0.4, -0.2) is 31.6 Å². The Kier molecular flexibility index (Phi) is 5.44. The van der Waals surface area contributed by atoms with Gasteiger partial charge in [-0.1, -0.05) is 30.3 Å². The van der Waals surface area contributed by atoms with Gasteiger partial charge in [0.25, 0.3) is 0 Å². The first kappa shape index (κ1) is 18.1. The second-order valence-corrected chi connectivity index (χ2v) is 7.86. The number of amides is 1. The number of carbonyl (C=O) groups is 1. The van der Waals surface area contributed by atoms with E-state index >= 15 is 0 Å². The third kappa shape index (κ3) is 4.01. The molecular weight excluding hydrogens is 336 g/mol. The van der Waals surface area contributed by atoms with Crippen LogP contribution in [0.2, 0.25) is 0 Å². The van der Waals surface area contributed by atoms with Crippen molar-refractivity contribution in [2.45, 2.75) is 45.1 Å². The van der Waals surface area contributed by atoms with Crippen molar-refractivity contribution in [1.82, 2.24) is 5.32 Å². The van der Waals surface area contributed by atoms with Crippen LogP contribution in [0.15, 0.2) is 47.1 Å². The molecule has 2 aromatic carbocycles. The monoisotopic (exact) mass is 365 g/mol. The van der Waals surface area contributed by atoms with E-state index in [4.69, 9.17) is 4.42 Å². The van der Waals surface area contributed by atoms with Crippen molar-refractivity contribution in [1.29, 1.82) is 0 Å². The van der Waals surface area contributed by atoms with Gasteiger partial charge in [0.15, 0.2) is 0 Å². The Labute approximate surface area is 160 Å². The van der Waals surface area contributed by atoms with Gasteiger partial charge < -0.3 is 14.6 Å². The molecule has 0 aliphatic carbocycles. The van der Waals surface area contributed by atoms with Gasteiger partial charge in [-0.2, -0.15) is 0 Å². The summed E-state index contributed by atoms with van der Waals surface area (Å²) in [6, 6.07) is 13.1. The summed E-state index contributed by atoms with van der Waals surface area (Å²) in [5.74, 6) is 0.0762. The molecule has 0 spiro atoms. The first-order valence-corrected chi connectivity index (χ1v) is 10.2. The van der Waals surface area contributed by atoms with E-state index in [0.29, 0.717) is 6.42 Å². The maximum Gasteiger partial charge on any atom is 0.224 e. The molecule has 27 heavy (non-hydrogen) atoms. The second kappa shape index (κ2) is 8.13. The molecule has 0 bridgehead atoms. The Balaban J connectivity index is 1.35. The van der Waals surface area contributed by atoms with Crippen molar-refractivity contribution in [3.8, 4) is 0 Å². The van der Waals surface area contributed by atoms with Crippen molar-refractivity contribution < 1.29 is 14.1 Å². The van der Waals surface area contributed by atoms with E-state index in [2.05, 4.69) is 30.4 Å². The van der Waals surface area contributed by atoms with Crippen LogP contribution in [0.4, 0.5) is 0 Å². The smallest absolute Gasteiger partial charge is 0.224 e. The molecule has 0 radical (unpaired) electrons. The molecule has 1 fully saturated rings. The Hall–Kier alpha value is -2.33. The summed E-state index contributed by atoms with van der Waals surface area (Å²) in [5.41, 5.74) is 1.81. The normalized spacial score (nSPS) is 20.2. The molecule has 0 saturated carbocycles. The molecule has 1 unspecified atom stereocenters. The summed E-state index contributed by atoms with van der Waals surface area (Å²) >= 11 is 0. The van der Waals surface area contributed by atoms with E-state index in [1.807, 2.05) is 18.2 Å². The van der Waals surface area contributed by atoms with Crippen LogP contribution in [-0.2, 0) is 11.2 Å². The number of hydrogen-bond acceptors (Lipinski definition) is 2. The zero-order chi connectivity index (χ0) is 18.6. The van der Waals surface area contributed by atoms with E-state index in [1.54, 1.807) is 11.2 Å². The van der Waals surface area contributed by atoms with Gasteiger partial charge in [-0.25, -0.2) is 0 Å². The number of carbonyl (C=O) groups excluding carboxylic acids is 1. The number of likely N-dealkylation sites (tertiary alicyclic amines) is 1. The summed E-state index contributed by atoms with van der Waals surface area (Å²) in [6.45, 7) is 5.54. The molecule has 2 heterocycles. The van der Waals surface area contributed by atoms with Crippen LogP contribution < -0.4 is 10.2 Å². The van der Waals surface area contributed by atoms with Crippen LogP contribution in [0, 0.1) is 0 Å². The van der Waals surface area contributed by atoms with E-state index in [9.17, 15) is 4.79 Å². The third-order valence-electron chi connectivity index (χ3n) is 5.97. The van der Waals surface area contributed by atoms with Crippen LogP contribution in [0.5, 0.6) is 0 Å². The lowest BCUT2D eigenvalue weighted by Gasteiger charge is -2.30. The minimum Gasteiger partial charge on any atom is -0.464 e. The molecule has 1 amide bonds. The first-order valence-electron chi connectivity index (χ1n) is 10.2. The molecule has 4 rings (SSSR count). The summed E-state index contributed by atoms with van der Waals surface area (Å²) in [4.78, 5) is 14.1. The highest BCUT2D eigenvalue weighted by Crippen LogP contribution is 2.30. The molecule has 142 valence electrons. The number of furan rings is 1. The average molecular weight is 365 g/mol. The fourth-order valence-corrected chi connectivity index (χ4v) is 4.41. The molecule has 1 aliphatic rings. The van der Waals surface area contributed by atoms with Crippen LogP contribution in [0.3, 0.4) is 0 Å². The van der Waals surface area contributed by atoms with Crippen molar-refractivity contribution in [2.24, 2.45) is 0 Å². The number of fused-ring (bicyclic) bond motifs is 3. The Morgan fingerprint density at radius 1 is 1.22 bits per heavy atom. The maximum absolute atomic E-state index is 12.4. The fourth-order valence-electron chi connectivity index (χ4n) is 4.41. The van der Waals surface area contributed by atoms with Gasteiger partial charge in [0.1, 0.15) is 5.58 Å². The number of quaternary nitrogens is 1. The number of benzene rings is 2. The maximum atomic E-state index is 12.4. The van der Waals surface area contributed by atoms with Gasteiger partial charge >= 0.3 is 0 Å². The number of piperidine rings is 1. The molecule has 2 atom stereocenters. The molecule has 1 aliphatic heterocycles. The predicted octanol–water partition coefficient (Wildman–Crippen LogP) is 3.09. The van der Waals surface area contributed by atoms with E-state index in [0.717, 1.165) is 47.5 Å². The highest BCUT2D eigenvalue weighted by molar-refractivity contribution is 6.08. The van der Waals surface area contributed by atoms with Crippen LogP contribution in [0.1, 0.15) is 38.2 Å². The van der Waals surface area contributed by atoms with Gasteiger partial charge in [0.05, 0.1) is 31.8 Å². The molecule has 4 nitrogen and oxygen atoms in total. The standard InChI is InChI=1S/C23H28N2O2/c1-17-7-4-5-13-25(17)14-6-12-24-22(26)15-19-16-27-21-11-10-18-8-2-3-9-20(18)23(19)21/h2-3,8-11,16-17H,4-7,12-15H2,1H3,(H,24,26)/p+1/t17-/m0/s1. The van der Waals surface area contributed by atoms with Gasteiger partial charge in [-0.05, 0) is 43.0 Å². The predicted molar refractivity (Wildman–Crippen MR) is 109 cm³/mol. The van der Waals surface area contributed by atoms with E-state index in [1.165, 1.54) is 31.2 Å². The molecule has 1 saturated heterocycles. The van der Waals surface area contributed by atoms with Gasteiger partial charge in [0, 0.05) is 23.9 Å². The lowest BCUT2D eigenvalue weighted by atomic mass is 10.0. The largest absolute Gasteiger partial charge is 0.464 e. The van der Waals surface area contributed by atoms with Gasteiger partial charge in [-0.15, -0.1) is 0 Å². The average Bonchev–Trinajstić information content (AvgIpc) is 3.10. The first-order chi connectivity index (χ1) is 13.2. The number of nitrogens with one attached hydrogen (secondary N) is 2. The molecular formula is C23H29N2O2+. The Morgan fingerprint density at radius 3 is 3.00 bits per heavy atom. The summed E-state index contributed by atoms with van der Waals surface area (Å²) in [6.07, 6.45) is 7.19. The molecule has 4 heteroatoms. The SMILES string of the molecule is C[C@H]1CCCC[NH+]1CCCNC(=O)Cc1coc2ccc3ccccc3c12. The Bertz CT molecular complexity index is 930. The topological polar surface area (TPSA) is 46.7 Å². The van der Waals surface area contributed by atoms with Crippen LogP contribution in [0.25, 0.3) is 21.7 Å². The van der Waals surface area contributed by atoms with Gasteiger partial charge in [-0.3, -0.25) is 4.79 Å². The van der Waals surface area contributed by atoms with Crippen molar-refractivity contribution in [3.05, 3.63) is 48.2 Å². The van der Waals surface area contributed by atoms with E-state index < -0.39 is 0 Å². The van der Waals surface area contributed by atoms with E-state index in [-0.39, 0.29) is 5.91 Å². The molecule has 1 aromatic heterocycles. The van der Waals surface area contributed by atoms with Crippen molar-refractivity contribution >= 4 is 27.6 Å². The second-order valence-electron chi connectivity index (χ2n) is 7.86. The zero-order valence-electron chi connectivity index (χ0n) is 16.1. The number of rotatable bonds is 6. The third-order valence-corrected chi connectivity index (χ3v) is 5.97. The minimum atomic E-state index is 0.0762. The minimum absolute atomic E-state index is 0.0762. The van der Waals surface area contributed by atoms with Crippen molar-refractivity contribution in [2.75, 3.05) is 19.6 Å². The highest BCUT2D eigenvalue weighted by Gasteiger charge is 2.21. The summed E-state index contributed by atoms with van der Waals surface area (Å²) < 4.78 is 5.69. The molecule has 2 N–H and O–H groups in total. The Morgan fingerprint density at radius 2 is 2.11 bits per heavy atom.